The van der Waals surface area contributed by atoms with E-state index in [9.17, 15) is 4.79 Å². The van der Waals surface area contributed by atoms with E-state index < -0.39 is 0 Å². The third kappa shape index (κ3) is 4.66. The molecule has 0 aliphatic carbocycles. The fraction of sp³-hybridized carbons (Fsp3) is 0.333. The molecule has 6 rings (SSSR count). The van der Waals surface area contributed by atoms with E-state index in [1.807, 2.05) is 71.6 Å². The number of pyridine rings is 1. The van der Waals surface area contributed by atoms with Gasteiger partial charge in [-0.2, -0.15) is 0 Å². The molecule has 2 aromatic heterocycles. The summed E-state index contributed by atoms with van der Waals surface area (Å²) in [5.41, 5.74) is 5.01. The first kappa shape index (κ1) is 25.2. The molecule has 6 nitrogen and oxygen atoms in total. The van der Waals surface area contributed by atoms with Gasteiger partial charge in [0.15, 0.2) is 0 Å². The average Bonchev–Trinajstić information content (AvgIpc) is 3.40. The summed E-state index contributed by atoms with van der Waals surface area (Å²) in [6.07, 6.45) is 4.13. The second-order valence-electron chi connectivity index (χ2n) is 10.6. The van der Waals surface area contributed by atoms with Gasteiger partial charge < -0.3 is 9.30 Å². The number of halogens is 2. The van der Waals surface area contributed by atoms with Crippen molar-refractivity contribution >= 4 is 40.6 Å². The van der Waals surface area contributed by atoms with Crippen LogP contribution in [-0.2, 0) is 6.54 Å². The van der Waals surface area contributed by atoms with Crippen LogP contribution in [0.2, 0.25) is 10.0 Å². The SMILES string of the molecule is CC(C)N(C(=O)N1C2CCC1CN(Cc1c(-c3ccc(Cl)cc3)nc3ccccn13)C2)c1ccc(Cl)cc1. The molecule has 2 atom stereocenters. The third-order valence-electron chi connectivity index (χ3n) is 7.73. The fourth-order valence-electron chi connectivity index (χ4n) is 6.04. The quantitative estimate of drug-likeness (QED) is 0.270. The molecule has 8 heteroatoms. The zero-order chi connectivity index (χ0) is 26.4. The molecule has 0 spiro atoms. The Labute approximate surface area is 233 Å². The first-order valence-electron chi connectivity index (χ1n) is 13.2. The van der Waals surface area contributed by atoms with Crippen molar-refractivity contribution in [1.29, 1.82) is 0 Å². The largest absolute Gasteiger partial charge is 0.325 e. The maximum Gasteiger partial charge on any atom is 0.325 e. The number of benzene rings is 2. The lowest BCUT2D eigenvalue weighted by Crippen LogP contribution is -2.59. The van der Waals surface area contributed by atoms with Crippen molar-refractivity contribution in [1.82, 2.24) is 19.2 Å². The van der Waals surface area contributed by atoms with Crippen molar-refractivity contribution in [3.8, 4) is 11.3 Å². The van der Waals surface area contributed by atoms with Crippen molar-refractivity contribution in [2.45, 2.75) is 51.4 Å². The number of nitrogens with zero attached hydrogens (tertiary/aromatic N) is 5. The molecule has 2 saturated heterocycles. The first-order valence-corrected chi connectivity index (χ1v) is 14.0. The van der Waals surface area contributed by atoms with Gasteiger partial charge in [-0.3, -0.25) is 9.80 Å². The molecule has 196 valence electrons. The number of amides is 2. The van der Waals surface area contributed by atoms with E-state index in [0.29, 0.717) is 10.0 Å². The number of urea groups is 1. The van der Waals surface area contributed by atoms with E-state index in [-0.39, 0.29) is 24.2 Å². The summed E-state index contributed by atoms with van der Waals surface area (Å²) in [6, 6.07) is 22.1. The van der Waals surface area contributed by atoms with Crippen LogP contribution in [0.25, 0.3) is 16.9 Å². The Bertz CT molecular complexity index is 1440. The van der Waals surface area contributed by atoms with E-state index in [4.69, 9.17) is 28.2 Å². The zero-order valence-corrected chi connectivity index (χ0v) is 23.1. The van der Waals surface area contributed by atoms with Crippen LogP contribution in [0, 0.1) is 0 Å². The minimum Gasteiger partial charge on any atom is -0.316 e. The maximum atomic E-state index is 13.9. The minimum absolute atomic E-state index is 0.0428. The number of aromatic nitrogens is 2. The molecule has 0 saturated carbocycles. The topological polar surface area (TPSA) is 44.1 Å². The molecule has 2 unspecified atom stereocenters. The standard InChI is InChI=1S/C30H31Cl2N5O/c1-20(2)36(24-12-10-23(32)11-13-24)30(38)37-25-14-15-26(37)18-34(17-25)19-27-29(21-6-8-22(31)9-7-21)33-28-5-3-4-16-35(27)28/h3-13,16,20,25-26H,14-15,17-19H2,1-2H3. The second kappa shape index (κ2) is 10.3. The summed E-state index contributed by atoms with van der Waals surface area (Å²) in [5.74, 6) is 0. The molecule has 0 radical (unpaired) electrons. The van der Waals surface area contributed by atoms with Gasteiger partial charge in [0.2, 0.25) is 0 Å². The summed E-state index contributed by atoms with van der Waals surface area (Å²) in [4.78, 5) is 25.4. The summed E-state index contributed by atoms with van der Waals surface area (Å²) in [5, 5.41) is 1.38. The van der Waals surface area contributed by atoms with Crippen LogP contribution in [0.3, 0.4) is 0 Å². The highest BCUT2D eigenvalue weighted by molar-refractivity contribution is 6.31. The Hall–Kier alpha value is -3.06. The third-order valence-corrected chi connectivity index (χ3v) is 8.23. The zero-order valence-electron chi connectivity index (χ0n) is 21.6. The number of likely N-dealkylation sites (tertiary alicyclic amines) is 1. The van der Waals surface area contributed by atoms with E-state index >= 15 is 0 Å². The van der Waals surface area contributed by atoms with Crippen LogP contribution in [0.5, 0.6) is 0 Å². The molecule has 4 aromatic rings. The van der Waals surface area contributed by atoms with Gasteiger partial charge in [0.25, 0.3) is 0 Å². The molecule has 2 bridgehead atoms. The predicted molar refractivity (Wildman–Crippen MR) is 154 cm³/mol. The molecule has 0 N–H and O–H groups in total. The summed E-state index contributed by atoms with van der Waals surface area (Å²) >= 11 is 12.3. The van der Waals surface area contributed by atoms with Gasteiger partial charge in [0, 0.05) is 65.3 Å². The van der Waals surface area contributed by atoms with E-state index in [1.165, 1.54) is 0 Å². The Morgan fingerprint density at radius 1 is 0.947 bits per heavy atom. The smallest absolute Gasteiger partial charge is 0.316 e. The number of carbonyl (C=O) groups is 1. The van der Waals surface area contributed by atoms with E-state index in [1.54, 1.807) is 0 Å². The van der Waals surface area contributed by atoms with Crippen molar-refractivity contribution in [3.05, 3.63) is 88.7 Å². The molecule has 4 heterocycles. The summed E-state index contributed by atoms with van der Waals surface area (Å²) in [7, 11) is 0. The molecule has 2 aromatic carbocycles. The molecule has 38 heavy (non-hydrogen) atoms. The van der Waals surface area contributed by atoms with Crippen molar-refractivity contribution in [2.75, 3.05) is 18.0 Å². The fourth-order valence-corrected chi connectivity index (χ4v) is 6.29. The molecular weight excluding hydrogens is 517 g/mol. The Morgan fingerprint density at radius 3 is 2.21 bits per heavy atom. The van der Waals surface area contributed by atoms with E-state index in [0.717, 1.165) is 60.8 Å². The van der Waals surface area contributed by atoms with Gasteiger partial charge in [-0.25, -0.2) is 9.78 Å². The molecule has 2 aliphatic rings. The van der Waals surface area contributed by atoms with Gasteiger partial charge in [0.1, 0.15) is 5.65 Å². The normalized spacial score (nSPS) is 19.4. The van der Waals surface area contributed by atoms with Crippen LogP contribution in [0.15, 0.2) is 72.9 Å². The number of anilines is 1. The maximum absolute atomic E-state index is 13.9. The molecule has 2 fully saturated rings. The Balaban J connectivity index is 1.26. The number of hydrogen-bond donors (Lipinski definition) is 0. The number of piperazine rings is 1. The average molecular weight is 549 g/mol. The van der Waals surface area contributed by atoms with E-state index in [2.05, 4.69) is 34.2 Å². The van der Waals surface area contributed by atoms with Crippen LogP contribution in [0.1, 0.15) is 32.4 Å². The highest BCUT2D eigenvalue weighted by Gasteiger charge is 2.44. The van der Waals surface area contributed by atoms with Gasteiger partial charge in [-0.05, 0) is 75.2 Å². The molecule has 2 amide bonds. The monoisotopic (exact) mass is 547 g/mol. The first-order chi connectivity index (χ1) is 18.4. The second-order valence-corrected chi connectivity index (χ2v) is 11.4. The Kier molecular flexibility index (Phi) is 6.81. The van der Waals surface area contributed by atoms with Crippen LogP contribution in [0.4, 0.5) is 10.5 Å². The highest BCUT2D eigenvalue weighted by atomic mass is 35.5. The van der Waals surface area contributed by atoms with Crippen LogP contribution < -0.4 is 4.90 Å². The number of hydrogen-bond acceptors (Lipinski definition) is 3. The van der Waals surface area contributed by atoms with Crippen molar-refractivity contribution in [2.24, 2.45) is 0 Å². The minimum atomic E-state index is 0.0428. The van der Waals surface area contributed by atoms with Crippen molar-refractivity contribution < 1.29 is 4.79 Å². The lowest BCUT2D eigenvalue weighted by atomic mass is 10.1. The van der Waals surface area contributed by atoms with Crippen LogP contribution >= 0.6 is 23.2 Å². The van der Waals surface area contributed by atoms with Gasteiger partial charge in [0.05, 0.1) is 11.4 Å². The van der Waals surface area contributed by atoms with Gasteiger partial charge in [-0.1, -0.05) is 41.4 Å². The number of fused-ring (bicyclic) bond motifs is 3. The number of rotatable bonds is 5. The van der Waals surface area contributed by atoms with Crippen molar-refractivity contribution in [3.63, 3.8) is 0 Å². The number of carbonyl (C=O) groups excluding carboxylic acids is 1. The molecule has 2 aliphatic heterocycles. The lowest BCUT2D eigenvalue weighted by Gasteiger charge is -2.44. The van der Waals surface area contributed by atoms with Gasteiger partial charge in [-0.15, -0.1) is 0 Å². The number of imidazole rings is 1. The van der Waals surface area contributed by atoms with Crippen LogP contribution in [-0.4, -0.2) is 56.4 Å². The van der Waals surface area contributed by atoms with Gasteiger partial charge >= 0.3 is 6.03 Å². The summed E-state index contributed by atoms with van der Waals surface area (Å²) < 4.78 is 2.18. The lowest BCUT2D eigenvalue weighted by molar-refractivity contribution is 0.0858. The molecular formula is C30H31Cl2N5O. The Morgan fingerprint density at radius 2 is 1.58 bits per heavy atom. The highest BCUT2D eigenvalue weighted by Crippen LogP contribution is 2.35. The predicted octanol–water partition coefficient (Wildman–Crippen LogP) is 6.99. The summed E-state index contributed by atoms with van der Waals surface area (Å²) in [6.45, 7) is 6.58.